The van der Waals surface area contributed by atoms with Crippen LogP contribution in [0.15, 0.2) is 103 Å². The highest BCUT2D eigenvalue weighted by Crippen LogP contribution is 2.27. The van der Waals surface area contributed by atoms with E-state index in [-0.39, 0.29) is 18.2 Å². The second-order valence-corrected chi connectivity index (χ2v) is 9.48. The standard InChI is InChI=1S/C31H31N3O5/c1-34(29(35)17-23-18-32-27-11-7-6-10-26(23)27)30(22-12-14-24(37-2)15-13-22)31(36)33-28-20-38-19-25(39-28)16-21-8-4-3-5-9-21/h3-4,6-8,10-15,18-20,30,32H,5,9,16-17H2,1-2H3,(H,33,36). The summed E-state index contributed by atoms with van der Waals surface area (Å²) in [6, 6.07) is 14.0. The van der Waals surface area contributed by atoms with Crippen LogP contribution >= 0.6 is 0 Å². The molecule has 39 heavy (non-hydrogen) atoms. The van der Waals surface area contributed by atoms with Gasteiger partial charge >= 0.3 is 0 Å². The van der Waals surface area contributed by atoms with Crippen LogP contribution in [-0.4, -0.2) is 35.9 Å². The number of ether oxygens (including phenoxy) is 3. The van der Waals surface area contributed by atoms with Gasteiger partial charge in [0.05, 0.1) is 13.5 Å². The fraction of sp³-hybridized carbons (Fsp3) is 0.226. The Morgan fingerprint density at radius 1 is 1.13 bits per heavy atom. The van der Waals surface area contributed by atoms with E-state index in [1.807, 2.05) is 36.5 Å². The number of benzene rings is 2. The van der Waals surface area contributed by atoms with Gasteiger partial charge in [-0.15, -0.1) is 0 Å². The molecule has 2 amide bonds. The second-order valence-electron chi connectivity index (χ2n) is 9.48. The van der Waals surface area contributed by atoms with Gasteiger partial charge in [0.1, 0.15) is 23.8 Å². The van der Waals surface area contributed by atoms with Crippen LogP contribution in [0.5, 0.6) is 5.75 Å². The van der Waals surface area contributed by atoms with Crippen molar-refractivity contribution in [3.8, 4) is 5.75 Å². The lowest BCUT2D eigenvalue weighted by Gasteiger charge is -2.28. The molecule has 1 aliphatic carbocycles. The Bertz CT molecular complexity index is 1480. The number of amides is 2. The molecule has 0 saturated carbocycles. The van der Waals surface area contributed by atoms with Crippen LogP contribution in [0.3, 0.4) is 0 Å². The predicted molar refractivity (Wildman–Crippen MR) is 148 cm³/mol. The summed E-state index contributed by atoms with van der Waals surface area (Å²) in [5, 5.41) is 3.78. The molecule has 2 aliphatic rings. The van der Waals surface area contributed by atoms with E-state index in [4.69, 9.17) is 14.2 Å². The molecule has 200 valence electrons. The molecule has 2 aromatic carbocycles. The van der Waals surface area contributed by atoms with E-state index >= 15 is 0 Å². The Morgan fingerprint density at radius 3 is 2.72 bits per heavy atom. The maximum Gasteiger partial charge on any atom is 0.254 e. The molecule has 8 heteroatoms. The van der Waals surface area contributed by atoms with Gasteiger partial charge in [-0.25, -0.2) is 0 Å². The lowest BCUT2D eigenvalue weighted by Crippen LogP contribution is -2.42. The summed E-state index contributed by atoms with van der Waals surface area (Å²) in [7, 11) is 3.21. The molecule has 0 fully saturated rings. The molecular formula is C31H31N3O5. The number of hydrogen-bond acceptors (Lipinski definition) is 5. The smallest absolute Gasteiger partial charge is 0.254 e. The van der Waals surface area contributed by atoms with Crippen LogP contribution < -0.4 is 10.1 Å². The number of methoxy groups -OCH3 is 1. The van der Waals surface area contributed by atoms with Crippen molar-refractivity contribution < 1.29 is 23.8 Å². The second kappa shape index (κ2) is 11.8. The lowest BCUT2D eigenvalue weighted by atomic mass is 10.0. The molecule has 3 aromatic rings. The molecule has 0 spiro atoms. The quantitative estimate of drug-likeness (QED) is 0.391. The number of H-pyrrole nitrogens is 1. The Labute approximate surface area is 227 Å². The highest BCUT2D eigenvalue weighted by atomic mass is 16.6. The first-order valence-electron chi connectivity index (χ1n) is 12.8. The number of nitrogens with one attached hydrogen (secondary N) is 2. The van der Waals surface area contributed by atoms with Gasteiger partial charge in [0.2, 0.25) is 11.8 Å². The Balaban J connectivity index is 1.33. The lowest BCUT2D eigenvalue weighted by molar-refractivity contribution is -0.138. The monoisotopic (exact) mass is 525 g/mol. The van der Waals surface area contributed by atoms with Gasteiger partial charge in [-0.3, -0.25) is 14.9 Å². The maximum absolute atomic E-state index is 13.7. The highest BCUT2D eigenvalue weighted by Gasteiger charge is 2.30. The zero-order valence-corrected chi connectivity index (χ0v) is 22.0. The number of allylic oxidation sites excluding steroid dienone is 4. The van der Waals surface area contributed by atoms with Crippen molar-refractivity contribution in [3.63, 3.8) is 0 Å². The summed E-state index contributed by atoms with van der Waals surface area (Å²) < 4.78 is 16.7. The first-order chi connectivity index (χ1) is 19.0. The van der Waals surface area contributed by atoms with E-state index in [9.17, 15) is 9.59 Å². The van der Waals surface area contributed by atoms with Gasteiger partial charge in [-0.2, -0.15) is 0 Å². The molecule has 1 aromatic heterocycles. The van der Waals surface area contributed by atoms with Crippen molar-refractivity contribution in [2.24, 2.45) is 0 Å². The van der Waals surface area contributed by atoms with Crippen LogP contribution in [-0.2, 0) is 25.5 Å². The van der Waals surface area contributed by atoms with Crippen LogP contribution in [0.2, 0.25) is 0 Å². The van der Waals surface area contributed by atoms with Gasteiger partial charge in [-0.1, -0.05) is 54.1 Å². The number of aromatic nitrogens is 1. The van der Waals surface area contributed by atoms with Crippen LogP contribution in [0, 0.1) is 0 Å². The number of likely N-dealkylation sites (N-methyl/N-ethyl adjacent to an activating group) is 1. The summed E-state index contributed by atoms with van der Waals surface area (Å²) in [4.78, 5) is 31.8. The van der Waals surface area contributed by atoms with E-state index in [0.29, 0.717) is 23.5 Å². The number of para-hydroxylation sites is 1. The summed E-state index contributed by atoms with van der Waals surface area (Å²) in [5.74, 6) is 0.785. The number of carbonyl (C=O) groups excluding carboxylic acids is 2. The Kier molecular flexibility index (Phi) is 7.82. The first kappa shape index (κ1) is 25.9. The normalized spacial score (nSPS) is 15.3. The number of rotatable bonds is 9. The minimum atomic E-state index is -0.918. The van der Waals surface area contributed by atoms with Gasteiger partial charge in [-0.05, 0) is 42.2 Å². The molecule has 1 aliphatic heterocycles. The predicted octanol–water partition coefficient (Wildman–Crippen LogP) is 5.39. The fourth-order valence-electron chi connectivity index (χ4n) is 4.75. The summed E-state index contributed by atoms with van der Waals surface area (Å²) in [5.41, 5.74) is 3.68. The summed E-state index contributed by atoms with van der Waals surface area (Å²) in [6.45, 7) is 0. The minimum Gasteiger partial charge on any atom is -0.497 e. The van der Waals surface area contributed by atoms with Crippen LogP contribution in [0.25, 0.3) is 10.9 Å². The van der Waals surface area contributed by atoms with Crippen molar-refractivity contribution >= 4 is 22.7 Å². The zero-order chi connectivity index (χ0) is 27.2. The molecule has 0 saturated heterocycles. The molecule has 1 unspecified atom stereocenters. The van der Waals surface area contributed by atoms with E-state index in [1.165, 1.54) is 23.0 Å². The highest BCUT2D eigenvalue weighted by molar-refractivity contribution is 5.92. The van der Waals surface area contributed by atoms with Crippen LogP contribution in [0.1, 0.15) is 36.4 Å². The summed E-state index contributed by atoms with van der Waals surface area (Å²) >= 11 is 0. The fourth-order valence-corrected chi connectivity index (χ4v) is 4.75. The number of carbonyl (C=O) groups is 2. The largest absolute Gasteiger partial charge is 0.497 e. The average molecular weight is 526 g/mol. The third-order valence-corrected chi connectivity index (χ3v) is 6.84. The number of fused-ring (bicyclic) bond motifs is 1. The number of nitrogens with zero attached hydrogens (tertiary/aromatic N) is 1. The Hall–Kier alpha value is -4.72. The molecule has 2 N–H and O–H groups in total. The molecule has 2 heterocycles. The maximum atomic E-state index is 13.7. The molecule has 5 rings (SSSR count). The van der Waals surface area contributed by atoms with E-state index < -0.39 is 11.9 Å². The molecule has 1 atom stereocenters. The van der Waals surface area contributed by atoms with Gasteiger partial charge in [0, 0.05) is 30.6 Å². The topological polar surface area (TPSA) is 92.9 Å². The molecular weight excluding hydrogens is 494 g/mol. The third kappa shape index (κ3) is 6.06. The minimum absolute atomic E-state index is 0.138. The molecule has 0 bridgehead atoms. The van der Waals surface area contributed by atoms with Gasteiger partial charge < -0.3 is 24.1 Å². The average Bonchev–Trinajstić information content (AvgIpc) is 3.37. The SMILES string of the molecule is COc1ccc(C(C(=O)NC2=COC=C(CC3=CC=CCC3)O2)N(C)C(=O)Cc2c[nH]c3ccccc23)cc1. The van der Waals surface area contributed by atoms with Crippen molar-refractivity contribution in [3.05, 3.63) is 114 Å². The van der Waals surface area contributed by atoms with Gasteiger partial charge in [0.25, 0.3) is 5.91 Å². The van der Waals surface area contributed by atoms with Crippen molar-refractivity contribution in [1.29, 1.82) is 0 Å². The van der Waals surface area contributed by atoms with Crippen LogP contribution in [0.4, 0.5) is 0 Å². The number of aromatic amines is 1. The first-order valence-corrected chi connectivity index (χ1v) is 12.8. The van der Waals surface area contributed by atoms with Crippen molar-refractivity contribution in [2.45, 2.75) is 31.7 Å². The van der Waals surface area contributed by atoms with E-state index in [2.05, 4.69) is 22.5 Å². The zero-order valence-electron chi connectivity index (χ0n) is 22.0. The molecule has 8 nitrogen and oxygen atoms in total. The van der Waals surface area contributed by atoms with E-state index in [1.54, 1.807) is 38.4 Å². The van der Waals surface area contributed by atoms with Crippen molar-refractivity contribution in [2.75, 3.05) is 14.2 Å². The van der Waals surface area contributed by atoms with Gasteiger partial charge in [0.15, 0.2) is 6.26 Å². The Morgan fingerprint density at radius 2 is 1.95 bits per heavy atom. The number of hydrogen-bond donors (Lipinski definition) is 2. The molecule has 0 radical (unpaired) electrons. The van der Waals surface area contributed by atoms with E-state index in [0.717, 1.165) is 29.3 Å². The summed E-state index contributed by atoms with van der Waals surface area (Å²) in [6.07, 6.45) is 13.6. The third-order valence-electron chi connectivity index (χ3n) is 6.84. The van der Waals surface area contributed by atoms with Crippen molar-refractivity contribution in [1.82, 2.24) is 15.2 Å².